The lowest BCUT2D eigenvalue weighted by Crippen LogP contribution is -2.02. The van der Waals surface area contributed by atoms with Gasteiger partial charge in [0, 0.05) is 4.88 Å². The van der Waals surface area contributed by atoms with Crippen LogP contribution >= 0.6 is 22.9 Å². The Hall–Kier alpha value is -1.26. The number of thiophene rings is 1. The van der Waals surface area contributed by atoms with Crippen LogP contribution < -0.4 is 11.1 Å². The van der Waals surface area contributed by atoms with Crippen molar-refractivity contribution in [2.24, 2.45) is 0 Å². The van der Waals surface area contributed by atoms with E-state index in [2.05, 4.69) is 10.3 Å². The van der Waals surface area contributed by atoms with Crippen LogP contribution in [-0.4, -0.2) is 4.98 Å². The maximum atomic E-state index is 5.85. The Balaban J connectivity index is 2.02. The number of hydrogen-bond acceptors (Lipinski definition) is 4. The lowest BCUT2D eigenvalue weighted by molar-refractivity contribution is 1.11. The number of pyridine rings is 1. The molecule has 5 heteroatoms. The van der Waals surface area contributed by atoms with E-state index in [0.717, 1.165) is 22.4 Å². The molecule has 3 N–H and O–H groups in total. The Morgan fingerprint density at radius 1 is 1.38 bits per heavy atom. The summed E-state index contributed by atoms with van der Waals surface area (Å²) in [5.74, 6) is 0.830. The fourth-order valence-electron chi connectivity index (χ4n) is 1.29. The van der Waals surface area contributed by atoms with Crippen molar-refractivity contribution in [3.8, 4) is 0 Å². The molecule has 0 fully saturated rings. The van der Waals surface area contributed by atoms with E-state index in [9.17, 15) is 0 Å². The van der Waals surface area contributed by atoms with E-state index < -0.39 is 0 Å². The highest BCUT2D eigenvalue weighted by Crippen LogP contribution is 2.22. The van der Waals surface area contributed by atoms with Gasteiger partial charge in [-0.3, -0.25) is 0 Å². The molecule has 0 saturated carbocycles. The molecular weight excluding hydrogens is 242 g/mol. The third-order valence-electron chi connectivity index (χ3n) is 2.20. The smallest absolute Gasteiger partial charge is 0.126 e. The molecule has 0 unspecified atom stereocenters. The SMILES string of the molecule is Cc1nc(NCc2ccc(Cl)s2)ccc1N. The summed E-state index contributed by atoms with van der Waals surface area (Å²) in [6.45, 7) is 2.62. The third kappa shape index (κ3) is 2.65. The number of halogens is 1. The monoisotopic (exact) mass is 253 g/mol. The highest BCUT2D eigenvalue weighted by molar-refractivity contribution is 7.16. The van der Waals surface area contributed by atoms with Gasteiger partial charge >= 0.3 is 0 Å². The number of nitrogens with two attached hydrogens (primary N) is 1. The van der Waals surface area contributed by atoms with Crippen LogP contribution in [0.15, 0.2) is 24.3 Å². The van der Waals surface area contributed by atoms with Gasteiger partial charge in [0.25, 0.3) is 0 Å². The van der Waals surface area contributed by atoms with E-state index in [4.69, 9.17) is 17.3 Å². The van der Waals surface area contributed by atoms with Crippen LogP contribution in [0.1, 0.15) is 10.6 Å². The van der Waals surface area contributed by atoms with Crippen LogP contribution in [0.4, 0.5) is 11.5 Å². The van der Waals surface area contributed by atoms with Crippen LogP contribution in [-0.2, 0) is 6.54 Å². The second kappa shape index (κ2) is 4.72. The van der Waals surface area contributed by atoms with Crippen LogP contribution in [0.3, 0.4) is 0 Å². The summed E-state index contributed by atoms with van der Waals surface area (Å²) in [5.41, 5.74) is 7.25. The van der Waals surface area contributed by atoms with E-state index in [-0.39, 0.29) is 0 Å². The number of nitrogen functional groups attached to an aromatic ring is 1. The second-order valence-corrected chi connectivity index (χ2v) is 5.23. The number of rotatable bonds is 3. The van der Waals surface area contributed by atoms with Crippen molar-refractivity contribution in [2.45, 2.75) is 13.5 Å². The number of nitrogens with one attached hydrogen (secondary N) is 1. The van der Waals surface area contributed by atoms with Crippen LogP contribution in [0.25, 0.3) is 0 Å². The van der Waals surface area contributed by atoms with Crippen molar-refractivity contribution in [3.63, 3.8) is 0 Å². The highest BCUT2D eigenvalue weighted by atomic mass is 35.5. The average molecular weight is 254 g/mol. The largest absolute Gasteiger partial charge is 0.397 e. The maximum Gasteiger partial charge on any atom is 0.126 e. The molecule has 0 aliphatic heterocycles. The number of aromatic nitrogens is 1. The summed E-state index contributed by atoms with van der Waals surface area (Å²) in [7, 11) is 0. The normalized spacial score (nSPS) is 10.4. The number of anilines is 2. The number of nitrogens with zero attached hydrogens (tertiary/aromatic N) is 1. The van der Waals surface area contributed by atoms with E-state index >= 15 is 0 Å². The molecule has 0 saturated heterocycles. The first-order valence-corrected chi connectivity index (χ1v) is 6.06. The summed E-state index contributed by atoms with van der Waals surface area (Å²) in [4.78, 5) is 5.51. The molecule has 0 radical (unpaired) electrons. The van der Waals surface area contributed by atoms with Gasteiger partial charge in [-0.25, -0.2) is 4.98 Å². The molecule has 2 aromatic rings. The maximum absolute atomic E-state index is 5.85. The molecule has 2 aromatic heterocycles. The summed E-state index contributed by atoms with van der Waals surface area (Å²) >= 11 is 7.41. The van der Waals surface area contributed by atoms with Gasteiger partial charge in [0.1, 0.15) is 5.82 Å². The molecule has 0 bridgehead atoms. The lowest BCUT2D eigenvalue weighted by atomic mass is 10.3. The molecule has 0 spiro atoms. The van der Waals surface area contributed by atoms with Crippen molar-refractivity contribution in [2.75, 3.05) is 11.1 Å². The zero-order chi connectivity index (χ0) is 11.5. The Morgan fingerprint density at radius 3 is 2.81 bits per heavy atom. The quantitative estimate of drug-likeness (QED) is 0.883. The molecule has 84 valence electrons. The van der Waals surface area contributed by atoms with E-state index in [1.54, 1.807) is 11.3 Å². The van der Waals surface area contributed by atoms with Gasteiger partial charge < -0.3 is 11.1 Å². The van der Waals surface area contributed by atoms with E-state index in [0.29, 0.717) is 5.69 Å². The molecule has 2 rings (SSSR count). The molecular formula is C11H12ClN3S. The number of hydrogen-bond donors (Lipinski definition) is 2. The topological polar surface area (TPSA) is 50.9 Å². The van der Waals surface area contributed by atoms with Crippen molar-refractivity contribution < 1.29 is 0 Å². The molecule has 2 heterocycles. The summed E-state index contributed by atoms with van der Waals surface area (Å²) < 4.78 is 0.804. The van der Waals surface area contributed by atoms with Gasteiger partial charge in [-0.05, 0) is 31.2 Å². The summed E-state index contributed by atoms with van der Waals surface area (Å²) in [5, 5.41) is 3.23. The minimum absolute atomic E-state index is 0.713. The highest BCUT2D eigenvalue weighted by Gasteiger charge is 2.00. The molecule has 0 aliphatic rings. The molecule has 0 aliphatic carbocycles. The minimum Gasteiger partial charge on any atom is -0.397 e. The molecule has 0 aromatic carbocycles. The van der Waals surface area contributed by atoms with Crippen molar-refractivity contribution in [1.29, 1.82) is 0 Å². The molecule has 0 amide bonds. The zero-order valence-electron chi connectivity index (χ0n) is 8.83. The standard InChI is InChI=1S/C11H12ClN3S/c1-7-9(13)3-5-11(15-7)14-6-8-2-4-10(12)16-8/h2-5H,6,13H2,1H3,(H,14,15). The Labute approximate surface area is 103 Å². The Kier molecular flexibility index (Phi) is 3.31. The van der Waals surface area contributed by atoms with Gasteiger partial charge in [0.15, 0.2) is 0 Å². The van der Waals surface area contributed by atoms with Gasteiger partial charge in [-0.15, -0.1) is 11.3 Å². The van der Waals surface area contributed by atoms with Crippen LogP contribution in [0.5, 0.6) is 0 Å². The summed E-state index contributed by atoms with van der Waals surface area (Å²) in [6.07, 6.45) is 0. The Morgan fingerprint density at radius 2 is 2.19 bits per heavy atom. The van der Waals surface area contributed by atoms with Crippen LogP contribution in [0.2, 0.25) is 4.34 Å². The van der Waals surface area contributed by atoms with E-state index in [1.807, 2.05) is 31.2 Å². The predicted molar refractivity (Wildman–Crippen MR) is 70.0 cm³/mol. The molecule has 3 nitrogen and oxygen atoms in total. The van der Waals surface area contributed by atoms with Crippen LogP contribution in [0, 0.1) is 6.92 Å². The summed E-state index contributed by atoms with van der Waals surface area (Å²) in [6, 6.07) is 7.62. The third-order valence-corrected chi connectivity index (χ3v) is 3.43. The first kappa shape index (κ1) is 11.2. The van der Waals surface area contributed by atoms with Gasteiger partial charge in [-0.2, -0.15) is 0 Å². The molecule has 0 atom stereocenters. The molecule has 16 heavy (non-hydrogen) atoms. The van der Waals surface area contributed by atoms with Crippen molar-refractivity contribution >= 4 is 34.4 Å². The zero-order valence-corrected chi connectivity index (χ0v) is 10.4. The van der Waals surface area contributed by atoms with Gasteiger partial charge in [0.2, 0.25) is 0 Å². The first-order chi connectivity index (χ1) is 7.65. The van der Waals surface area contributed by atoms with E-state index in [1.165, 1.54) is 4.88 Å². The van der Waals surface area contributed by atoms with Gasteiger partial charge in [-0.1, -0.05) is 11.6 Å². The lowest BCUT2D eigenvalue weighted by Gasteiger charge is -2.06. The fraction of sp³-hybridized carbons (Fsp3) is 0.182. The van der Waals surface area contributed by atoms with Gasteiger partial charge in [0.05, 0.1) is 22.3 Å². The minimum atomic E-state index is 0.713. The first-order valence-electron chi connectivity index (χ1n) is 4.86. The predicted octanol–water partition coefficient (Wildman–Crippen LogP) is 3.30. The number of aryl methyl sites for hydroxylation is 1. The fourth-order valence-corrected chi connectivity index (χ4v) is 2.32. The average Bonchev–Trinajstić information content (AvgIpc) is 2.66. The Bertz CT molecular complexity index is 496. The van der Waals surface area contributed by atoms with Crippen molar-refractivity contribution in [1.82, 2.24) is 4.98 Å². The second-order valence-electron chi connectivity index (χ2n) is 3.43. The van der Waals surface area contributed by atoms with Crippen molar-refractivity contribution in [3.05, 3.63) is 39.2 Å².